The van der Waals surface area contributed by atoms with Crippen molar-refractivity contribution in [2.75, 3.05) is 5.32 Å². The Morgan fingerprint density at radius 2 is 2.16 bits per heavy atom. The summed E-state index contributed by atoms with van der Waals surface area (Å²) in [5, 5.41) is 2.63. The number of aryl methyl sites for hydroxylation is 1. The molecule has 1 N–H and O–H groups in total. The summed E-state index contributed by atoms with van der Waals surface area (Å²) >= 11 is 7.17. The van der Waals surface area contributed by atoms with Gasteiger partial charge in [-0.05, 0) is 42.8 Å². The molecule has 0 spiro atoms. The molecule has 1 amide bonds. The first-order valence-electron chi connectivity index (χ1n) is 5.55. The van der Waals surface area contributed by atoms with E-state index in [1.807, 2.05) is 6.07 Å². The molecule has 0 aliphatic rings. The molecule has 0 radical (unpaired) electrons. The molecule has 98 valence electrons. The number of thiophene rings is 1. The normalized spacial score (nSPS) is 10.9. The number of rotatable bonds is 3. The van der Waals surface area contributed by atoms with Crippen LogP contribution in [0.4, 0.5) is 10.1 Å². The average Bonchev–Trinajstić information content (AvgIpc) is 2.77. The second-order valence-corrected chi connectivity index (χ2v) is 5.67. The van der Waals surface area contributed by atoms with Gasteiger partial charge in [0.1, 0.15) is 5.82 Å². The molecule has 0 aliphatic heterocycles. The van der Waals surface area contributed by atoms with Crippen molar-refractivity contribution in [3.8, 4) is 0 Å². The van der Waals surface area contributed by atoms with Gasteiger partial charge in [0.25, 0.3) is 0 Å². The Kier molecular flexibility index (Phi) is 4.35. The van der Waals surface area contributed by atoms with Crippen LogP contribution in [0.1, 0.15) is 10.4 Å². The first-order valence-corrected chi connectivity index (χ1v) is 6.74. The van der Waals surface area contributed by atoms with Crippen LogP contribution in [0, 0.1) is 12.7 Å². The largest absolute Gasteiger partial charge is 0.322 e. The van der Waals surface area contributed by atoms with Crippen molar-refractivity contribution in [3.63, 3.8) is 0 Å². The van der Waals surface area contributed by atoms with Gasteiger partial charge in [-0.25, -0.2) is 4.39 Å². The van der Waals surface area contributed by atoms with Gasteiger partial charge in [-0.2, -0.15) is 0 Å². The van der Waals surface area contributed by atoms with Crippen LogP contribution >= 0.6 is 22.9 Å². The molecule has 0 saturated carbocycles. The molecule has 0 fully saturated rings. The summed E-state index contributed by atoms with van der Waals surface area (Å²) in [6.45, 7) is 1.80. The SMILES string of the molecule is Cc1ccc(F)cc1NC(=O)/C=C/c1ccc(Cl)s1. The summed E-state index contributed by atoms with van der Waals surface area (Å²) in [5.41, 5.74) is 1.28. The molecule has 0 bridgehead atoms. The van der Waals surface area contributed by atoms with Gasteiger partial charge in [-0.15, -0.1) is 11.3 Å². The maximum absolute atomic E-state index is 13.1. The number of carbonyl (C=O) groups excluding carboxylic acids is 1. The number of amides is 1. The quantitative estimate of drug-likeness (QED) is 0.830. The van der Waals surface area contributed by atoms with E-state index < -0.39 is 0 Å². The third kappa shape index (κ3) is 3.91. The van der Waals surface area contributed by atoms with E-state index in [9.17, 15) is 9.18 Å². The van der Waals surface area contributed by atoms with Crippen LogP contribution in [0.3, 0.4) is 0 Å². The molecular formula is C14H11ClFNOS. The second kappa shape index (κ2) is 5.99. The molecule has 2 rings (SSSR count). The van der Waals surface area contributed by atoms with Gasteiger partial charge in [0.05, 0.1) is 4.34 Å². The Bertz CT molecular complexity index is 636. The number of benzene rings is 1. The number of hydrogen-bond donors (Lipinski definition) is 1. The Morgan fingerprint density at radius 1 is 1.37 bits per heavy atom. The average molecular weight is 296 g/mol. The monoisotopic (exact) mass is 295 g/mol. The molecule has 5 heteroatoms. The van der Waals surface area contributed by atoms with Gasteiger partial charge < -0.3 is 5.32 Å². The number of hydrogen-bond acceptors (Lipinski definition) is 2. The third-order valence-electron chi connectivity index (χ3n) is 2.45. The minimum atomic E-state index is -0.380. The molecule has 2 nitrogen and oxygen atoms in total. The number of anilines is 1. The lowest BCUT2D eigenvalue weighted by Gasteiger charge is -2.05. The Balaban J connectivity index is 2.05. The third-order valence-corrected chi connectivity index (χ3v) is 3.65. The molecule has 2 aromatic rings. The smallest absolute Gasteiger partial charge is 0.248 e. The maximum atomic E-state index is 13.1. The lowest BCUT2D eigenvalue weighted by atomic mass is 10.2. The summed E-state index contributed by atoms with van der Waals surface area (Å²) in [4.78, 5) is 12.6. The zero-order chi connectivity index (χ0) is 13.8. The van der Waals surface area contributed by atoms with Crippen molar-refractivity contribution in [2.45, 2.75) is 6.92 Å². The van der Waals surface area contributed by atoms with Crippen LogP contribution in [0.5, 0.6) is 0 Å². The van der Waals surface area contributed by atoms with Crippen molar-refractivity contribution in [1.29, 1.82) is 0 Å². The van der Waals surface area contributed by atoms with Crippen LogP contribution in [-0.2, 0) is 4.79 Å². The molecule has 1 aromatic heterocycles. The molecular weight excluding hydrogens is 285 g/mol. The van der Waals surface area contributed by atoms with Crippen LogP contribution in [0.25, 0.3) is 6.08 Å². The fraction of sp³-hybridized carbons (Fsp3) is 0.0714. The van der Waals surface area contributed by atoms with Crippen molar-refractivity contribution in [3.05, 3.63) is 57.0 Å². The first kappa shape index (κ1) is 13.8. The van der Waals surface area contributed by atoms with E-state index in [1.165, 1.54) is 29.5 Å². The second-order valence-electron chi connectivity index (χ2n) is 3.92. The molecule has 0 atom stereocenters. The van der Waals surface area contributed by atoms with Gasteiger partial charge in [-0.1, -0.05) is 17.7 Å². The molecule has 0 unspecified atom stereocenters. The summed E-state index contributed by atoms with van der Waals surface area (Å²) in [7, 11) is 0. The Hall–Kier alpha value is -1.65. The maximum Gasteiger partial charge on any atom is 0.248 e. The van der Waals surface area contributed by atoms with Crippen molar-refractivity contribution >= 4 is 40.6 Å². The lowest BCUT2D eigenvalue weighted by Crippen LogP contribution is -2.09. The van der Waals surface area contributed by atoms with Gasteiger partial charge >= 0.3 is 0 Å². The highest BCUT2D eigenvalue weighted by Gasteiger charge is 2.03. The van der Waals surface area contributed by atoms with Gasteiger partial charge in [0.2, 0.25) is 5.91 Å². The molecule has 0 aliphatic carbocycles. The van der Waals surface area contributed by atoms with Crippen LogP contribution in [-0.4, -0.2) is 5.91 Å². The fourth-order valence-electron chi connectivity index (χ4n) is 1.48. The standard InChI is InChI=1S/C14H11ClFNOS/c1-9-2-3-10(16)8-12(9)17-14(18)7-5-11-4-6-13(15)19-11/h2-8H,1H3,(H,17,18)/b7-5+. The van der Waals surface area contributed by atoms with Crippen LogP contribution in [0.2, 0.25) is 4.34 Å². The molecule has 0 saturated heterocycles. The summed E-state index contributed by atoms with van der Waals surface area (Å²) in [5.74, 6) is -0.687. The molecule has 1 heterocycles. The van der Waals surface area contributed by atoms with Crippen LogP contribution < -0.4 is 5.32 Å². The predicted octanol–water partition coefficient (Wildman–Crippen LogP) is 4.50. The van der Waals surface area contributed by atoms with Crippen LogP contribution in [0.15, 0.2) is 36.4 Å². The summed E-state index contributed by atoms with van der Waals surface area (Å²) < 4.78 is 13.7. The lowest BCUT2D eigenvalue weighted by molar-refractivity contribution is -0.111. The topological polar surface area (TPSA) is 29.1 Å². The number of halogens is 2. The van der Waals surface area contributed by atoms with Gasteiger partial charge in [0.15, 0.2) is 0 Å². The Morgan fingerprint density at radius 3 is 2.84 bits per heavy atom. The fourth-order valence-corrected chi connectivity index (χ4v) is 2.44. The molecule has 19 heavy (non-hydrogen) atoms. The van der Waals surface area contributed by atoms with E-state index in [-0.39, 0.29) is 11.7 Å². The number of carbonyl (C=O) groups is 1. The van der Waals surface area contributed by atoms with Gasteiger partial charge in [0, 0.05) is 16.6 Å². The minimum absolute atomic E-state index is 0.307. The zero-order valence-corrected chi connectivity index (χ0v) is 11.7. The summed E-state index contributed by atoms with van der Waals surface area (Å²) in [6.07, 6.45) is 3.06. The highest BCUT2D eigenvalue weighted by molar-refractivity contribution is 7.17. The van der Waals surface area contributed by atoms with E-state index in [2.05, 4.69) is 5.32 Å². The molecule has 1 aromatic carbocycles. The Labute approximate surface area is 119 Å². The first-order chi connectivity index (χ1) is 9.04. The van der Waals surface area contributed by atoms with Crippen molar-refractivity contribution in [1.82, 2.24) is 0 Å². The summed E-state index contributed by atoms with van der Waals surface area (Å²) in [6, 6.07) is 7.86. The van der Waals surface area contributed by atoms with E-state index in [4.69, 9.17) is 11.6 Å². The van der Waals surface area contributed by atoms with Gasteiger partial charge in [-0.3, -0.25) is 4.79 Å². The van der Waals surface area contributed by atoms with E-state index in [0.717, 1.165) is 10.4 Å². The highest BCUT2D eigenvalue weighted by atomic mass is 35.5. The zero-order valence-electron chi connectivity index (χ0n) is 10.1. The highest BCUT2D eigenvalue weighted by Crippen LogP contribution is 2.22. The van der Waals surface area contributed by atoms with E-state index >= 15 is 0 Å². The number of nitrogens with one attached hydrogen (secondary N) is 1. The van der Waals surface area contributed by atoms with E-state index in [0.29, 0.717) is 10.0 Å². The van der Waals surface area contributed by atoms with Crippen molar-refractivity contribution < 1.29 is 9.18 Å². The predicted molar refractivity (Wildman–Crippen MR) is 78.1 cm³/mol. The van der Waals surface area contributed by atoms with E-state index in [1.54, 1.807) is 25.1 Å². The van der Waals surface area contributed by atoms with Crippen molar-refractivity contribution in [2.24, 2.45) is 0 Å². The minimum Gasteiger partial charge on any atom is -0.322 e.